The number of hydrogen-bond acceptors (Lipinski definition) is 2. The number of hydrogen-bond donors (Lipinski definition) is 0. The summed E-state index contributed by atoms with van der Waals surface area (Å²) in [6.07, 6.45) is 2.33. The van der Waals surface area contributed by atoms with Crippen LogP contribution in [0.1, 0.15) is 18.4 Å². The molecule has 1 aliphatic heterocycles. The summed E-state index contributed by atoms with van der Waals surface area (Å²) in [5.74, 6) is 0.905. The molecule has 0 bridgehead atoms. The fourth-order valence-corrected chi connectivity index (χ4v) is 2.90. The van der Waals surface area contributed by atoms with Crippen molar-refractivity contribution in [2.75, 3.05) is 20.2 Å². The van der Waals surface area contributed by atoms with Crippen LogP contribution in [0.5, 0.6) is 5.75 Å². The highest BCUT2D eigenvalue weighted by Crippen LogP contribution is 2.25. The molecule has 17 heavy (non-hydrogen) atoms. The molecule has 1 fully saturated rings. The molecule has 1 unspecified atom stereocenters. The van der Waals surface area contributed by atoms with Crippen molar-refractivity contribution >= 4 is 27.5 Å². The van der Waals surface area contributed by atoms with Crippen LogP contribution in [-0.2, 0) is 6.54 Å². The molecule has 1 atom stereocenters. The first-order valence-electron chi connectivity index (χ1n) is 5.88. The molecular formula is C13H17BrClNO. The van der Waals surface area contributed by atoms with Gasteiger partial charge in [-0.25, -0.2) is 0 Å². The highest BCUT2D eigenvalue weighted by atomic mass is 79.9. The van der Waals surface area contributed by atoms with Gasteiger partial charge in [0, 0.05) is 22.9 Å². The largest absolute Gasteiger partial charge is 0.497 e. The van der Waals surface area contributed by atoms with Gasteiger partial charge in [0.2, 0.25) is 0 Å². The van der Waals surface area contributed by atoms with E-state index in [1.807, 2.05) is 12.1 Å². The number of rotatable bonds is 3. The third-order valence-corrected chi connectivity index (χ3v) is 4.22. The van der Waals surface area contributed by atoms with Gasteiger partial charge in [-0.05, 0) is 43.1 Å². The summed E-state index contributed by atoms with van der Waals surface area (Å²) >= 11 is 9.78. The molecule has 2 nitrogen and oxygen atoms in total. The van der Waals surface area contributed by atoms with Gasteiger partial charge in [0.15, 0.2) is 0 Å². The number of halogens is 2. The first kappa shape index (κ1) is 13.2. The minimum atomic E-state index is 0.299. The lowest BCUT2D eigenvalue weighted by atomic mass is 10.1. The lowest BCUT2D eigenvalue weighted by Gasteiger charge is -2.30. The Morgan fingerprint density at radius 3 is 3.06 bits per heavy atom. The Morgan fingerprint density at radius 1 is 1.53 bits per heavy atom. The Balaban J connectivity index is 2.06. The monoisotopic (exact) mass is 317 g/mol. The normalized spacial score (nSPS) is 21.5. The van der Waals surface area contributed by atoms with Gasteiger partial charge in [0.25, 0.3) is 0 Å². The molecule has 1 aliphatic rings. The van der Waals surface area contributed by atoms with Gasteiger partial charge in [-0.3, -0.25) is 4.90 Å². The second-order valence-corrected chi connectivity index (χ2v) is 5.90. The van der Waals surface area contributed by atoms with Gasteiger partial charge >= 0.3 is 0 Å². The summed E-state index contributed by atoms with van der Waals surface area (Å²) in [6.45, 7) is 3.04. The van der Waals surface area contributed by atoms with E-state index in [2.05, 4.69) is 26.9 Å². The molecule has 0 spiro atoms. The van der Waals surface area contributed by atoms with Crippen molar-refractivity contribution in [1.29, 1.82) is 0 Å². The Bertz CT molecular complexity index is 386. The number of likely N-dealkylation sites (tertiary alicyclic amines) is 1. The van der Waals surface area contributed by atoms with E-state index in [0.29, 0.717) is 5.38 Å². The van der Waals surface area contributed by atoms with E-state index in [1.165, 1.54) is 12.0 Å². The quantitative estimate of drug-likeness (QED) is 0.789. The summed E-state index contributed by atoms with van der Waals surface area (Å²) in [5.41, 5.74) is 1.26. The Kier molecular flexibility index (Phi) is 4.71. The van der Waals surface area contributed by atoms with Crippen LogP contribution in [0.15, 0.2) is 22.7 Å². The van der Waals surface area contributed by atoms with Crippen molar-refractivity contribution in [3.05, 3.63) is 28.2 Å². The van der Waals surface area contributed by atoms with Gasteiger partial charge in [0.05, 0.1) is 7.11 Å². The van der Waals surface area contributed by atoms with Crippen molar-refractivity contribution in [1.82, 2.24) is 4.90 Å². The molecule has 1 heterocycles. The molecule has 0 N–H and O–H groups in total. The highest BCUT2D eigenvalue weighted by molar-refractivity contribution is 9.10. The van der Waals surface area contributed by atoms with Crippen LogP contribution in [0, 0.1) is 0 Å². The second-order valence-electron chi connectivity index (χ2n) is 4.43. The lowest BCUT2D eigenvalue weighted by Crippen LogP contribution is -2.35. The standard InChI is InChI=1S/C13H17BrClNO/c1-17-12-4-5-13(14)10(7-12)8-16-6-2-3-11(15)9-16/h4-5,7,11H,2-3,6,8-9H2,1H3. The Labute approximate surface area is 116 Å². The molecule has 4 heteroatoms. The fraction of sp³-hybridized carbons (Fsp3) is 0.538. The van der Waals surface area contributed by atoms with Gasteiger partial charge in [0.1, 0.15) is 5.75 Å². The van der Waals surface area contributed by atoms with Crippen LogP contribution in [0.3, 0.4) is 0 Å². The molecule has 0 aliphatic carbocycles. The number of nitrogens with zero attached hydrogens (tertiary/aromatic N) is 1. The minimum Gasteiger partial charge on any atom is -0.497 e. The van der Waals surface area contributed by atoms with E-state index in [9.17, 15) is 0 Å². The third kappa shape index (κ3) is 3.60. The summed E-state index contributed by atoms with van der Waals surface area (Å²) in [5, 5.41) is 0.299. The molecule has 1 aromatic carbocycles. The Morgan fingerprint density at radius 2 is 2.35 bits per heavy atom. The maximum atomic E-state index is 6.20. The molecular weight excluding hydrogens is 302 g/mol. The van der Waals surface area contributed by atoms with Gasteiger partial charge < -0.3 is 4.74 Å². The lowest BCUT2D eigenvalue weighted by molar-refractivity contribution is 0.223. The van der Waals surface area contributed by atoms with Crippen LogP contribution < -0.4 is 4.74 Å². The van der Waals surface area contributed by atoms with Crippen molar-refractivity contribution in [3.8, 4) is 5.75 Å². The summed E-state index contributed by atoms with van der Waals surface area (Å²) in [4.78, 5) is 2.40. The molecule has 1 saturated heterocycles. The Hall–Kier alpha value is -0.250. The predicted molar refractivity (Wildman–Crippen MR) is 74.8 cm³/mol. The molecule has 94 valence electrons. The van der Waals surface area contributed by atoms with Crippen molar-refractivity contribution in [2.24, 2.45) is 0 Å². The number of methoxy groups -OCH3 is 1. The predicted octanol–water partition coefficient (Wildman–Crippen LogP) is 3.66. The summed E-state index contributed by atoms with van der Waals surface area (Å²) in [7, 11) is 1.70. The van der Waals surface area contributed by atoms with Crippen LogP contribution in [0.4, 0.5) is 0 Å². The van der Waals surface area contributed by atoms with Gasteiger partial charge in [-0.2, -0.15) is 0 Å². The van der Waals surface area contributed by atoms with Crippen LogP contribution >= 0.6 is 27.5 Å². The van der Waals surface area contributed by atoms with Gasteiger partial charge in [-0.15, -0.1) is 11.6 Å². The van der Waals surface area contributed by atoms with E-state index in [-0.39, 0.29) is 0 Å². The van der Waals surface area contributed by atoms with E-state index < -0.39 is 0 Å². The second kappa shape index (κ2) is 6.07. The van der Waals surface area contributed by atoms with E-state index in [4.69, 9.17) is 16.3 Å². The summed E-state index contributed by atoms with van der Waals surface area (Å²) in [6, 6.07) is 6.09. The molecule has 0 radical (unpaired) electrons. The van der Waals surface area contributed by atoms with Gasteiger partial charge in [-0.1, -0.05) is 15.9 Å². The van der Waals surface area contributed by atoms with E-state index >= 15 is 0 Å². The minimum absolute atomic E-state index is 0.299. The van der Waals surface area contributed by atoms with Crippen molar-refractivity contribution < 1.29 is 4.74 Å². The van der Waals surface area contributed by atoms with E-state index in [1.54, 1.807) is 7.11 Å². The smallest absolute Gasteiger partial charge is 0.119 e. The first-order valence-corrected chi connectivity index (χ1v) is 7.11. The number of ether oxygens (including phenoxy) is 1. The highest BCUT2D eigenvalue weighted by Gasteiger charge is 2.18. The molecule has 0 amide bonds. The fourth-order valence-electron chi connectivity index (χ4n) is 2.18. The molecule has 0 saturated carbocycles. The van der Waals surface area contributed by atoms with Crippen LogP contribution in [0.2, 0.25) is 0 Å². The third-order valence-electron chi connectivity index (χ3n) is 3.09. The summed E-state index contributed by atoms with van der Waals surface area (Å²) < 4.78 is 6.39. The number of alkyl halides is 1. The SMILES string of the molecule is COc1ccc(Br)c(CN2CCCC(Cl)C2)c1. The van der Waals surface area contributed by atoms with Crippen LogP contribution in [-0.4, -0.2) is 30.5 Å². The zero-order valence-corrected chi connectivity index (χ0v) is 12.3. The first-order chi connectivity index (χ1) is 8.19. The molecule has 2 rings (SSSR count). The molecule has 0 aromatic heterocycles. The average Bonchev–Trinajstić information content (AvgIpc) is 2.32. The van der Waals surface area contributed by atoms with Crippen LogP contribution in [0.25, 0.3) is 0 Å². The zero-order chi connectivity index (χ0) is 12.3. The average molecular weight is 319 g/mol. The van der Waals surface area contributed by atoms with Crippen molar-refractivity contribution in [3.63, 3.8) is 0 Å². The number of benzene rings is 1. The van der Waals surface area contributed by atoms with E-state index in [0.717, 1.165) is 36.3 Å². The van der Waals surface area contributed by atoms with Crippen molar-refractivity contribution in [2.45, 2.75) is 24.8 Å². The zero-order valence-electron chi connectivity index (χ0n) is 9.96. The topological polar surface area (TPSA) is 12.5 Å². The number of piperidine rings is 1. The maximum Gasteiger partial charge on any atom is 0.119 e. The maximum absolute atomic E-state index is 6.20. The molecule has 1 aromatic rings.